The Labute approximate surface area is 121 Å². The number of carbonyl (C=O) groups is 1. The van der Waals surface area contributed by atoms with Gasteiger partial charge in [-0.3, -0.25) is 9.36 Å². The van der Waals surface area contributed by atoms with Gasteiger partial charge in [-0.05, 0) is 24.3 Å². The molecule has 7 nitrogen and oxygen atoms in total. The molecule has 2 heterocycles. The average Bonchev–Trinajstić information content (AvgIpc) is 3.21. The number of benzene rings is 1. The highest BCUT2D eigenvalue weighted by Gasteiger charge is 2.05. The van der Waals surface area contributed by atoms with Crippen LogP contribution in [0.1, 0.15) is 16.1 Å². The van der Waals surface area contributed by atoms with Crippen molar-refractivity contribution < 1.29 is 4.79 Å². The van der Waals surface area contributed by atoms with Gasteiger partial charge in [-0.2, -0.15) is 0 Å². The zero-order valence-electron chi connectivity index (χ0n) is 11.2. The molecule has 0 radical (unpaired) electrons. The monoisotopic (exact) mass is 282 g/mol. The molecule has 1 aromatic carbocycles. The highest BCUT2D eigenvalue weighted by atomic mass is 16.1. The third-order valence-electron chi connectivity index (χ3n) is 3.08. The van der Waals surface area contributed by atoms with Crippen molar-refractivity contribution in [3.05, 3.63) is 60.7 Å². The van der Waals surface area contributed by atoms with Gasteiger partial charge in [0, 0.05) is 36.1 Å². The molecule has 0 atom stereocenters. The van der Waals surface area contributed by atoms with Gasteiger partial charge < -0.3 is 10.3 Å². The van der Waals surface area contributed by atoms with Gasteiger partial charge in [-0.25, -0.2) is 4.98 Å². The van der Waals surface area contributed by atoms with Gasteiger partial charge in [0.05, 0.1) is 6.33 Å². The van der Waals surface area contributed by atoms with E-state index in [9.17, 15) is 4.79 Å². The lowest BCUT2D eigenvalue weighted by atomic mass is 10.2. The number of amides is 1. The molecule has 7 heteroatoms. The number of aromatic amines is 1. The number of nitrogens with zero attached hydrogens (tertiary/aromatic N) is 4. The van der Waals surface area contributed by atoms with Crippen LogP contribution in [0.3, 0.4) is 0 Å². The Kier molecular flexibility index (Phi) is 3.72. The van der Waals surface area contributed by atoms with Crippen LogP contribution in [0.2, 0.25) is 0 Å². The number of hydrogen-bond donors (Lipinski definition) is 2. The lowest BCUT2D eigenvalue weighted by Crippen LogP contribution is -2.25. The summed E-state index contributed by atoms with van der Waals surface area (Å²) < 4.78 is 1.78. The Morgan fingerprint density at radius 2 is 1.95 bits per heavy atom. The van der Waals surface area contributed by atoms with Crippen molar-refractivity contribution in [2.24, 2.45) is 0 Å². The first kappa shape index (κ1) is 13.0. The van der Waals surface area contributed by atoms with E-state index in [1.54, 1.807) is 41.9 Å². The minimum absolute atomic E-state index is 0.0928. The van der Waals surface area contributed by atoms with Crippen molar-refractivity contribution in [1.29, 1.82) is 0 Å². The first-order valence-electron chi connectivity index (χ1n) is 6.53. The highest BCUT2D eigenvalue weighted by Crippen LogP contribution is 2.08. The van der Waals surface area contributed by atoms with Crippen molar-refractivity contribution in [1.82, 2.24) is 30.0 Å². The lowest BCUT2D eigenvalue weighted by Gasteiger charge is -2.06. The third-order valence-corrected chi connectivity index (χ3v) is 3.08. The molecule has 21 heavy (non-hydrogen) atoms. The Bertz CT molecular complexity index is 688. The second-order valence-corrected chi connectivity index (χ2v) is 4.50. The molecule has 0 spiro atoms. The summed E-state index contributed by atoms with van der Waals surface area (Å²) in [6.07, 6.45) is 7.32. The zero-order valence-corrected chi connectivity index (χ0v) is 11.2. The molecule has 0 aliphatic heterocycles. The molecule has 0 bridgehead atoms. The van der Waals surface area contributed by atoms with E-state index in [0.29, 0.717) is 12.1 Å². The first-order chi connectivity index (χ1) is 10.3. The van der Waals surface area contributed by atoms with Crippen LogP contribution in [0.4, 0.5) is 0 Å². The van der Waals surface area contributed by atoms with Crippen molar-refractivity contribution in [3.63, 3.8) is 0 Å². The van der Waals surface area contributed by atoms with E-state index >= 15 is 0 Å². The fourth-order valence-electron chi connectivity index (χ4n) is 1.95. The molecule has 2 N–H and O–H groups in total. The maximum absolute atomic E-state index is 12.0. The zero-order chi connectivity index (χ0) is 14.5. The van der Waals surface area contributed by atoms with Gasteiger partial charge >= 0.3 is 0 Å². The molecule has 0 unspecified atom stereocenters. The Morgan fingerprint density at radius 1 is 1.19 bits per heavy atom. The SMILES string of the molecule is O=C(NCCc1cnc[nH]1)c1ccc(-n2cnnc2)cc1. The second kappa shape index (κ2) is 6.00. The van der Waals surface area contributed by atoms with Crippen LogP contribution < -0.4 is 5.32 Å². The number of H-pyrrole nitrogens is 1. The first-order valence-corrected chi connectivity index (χ1v) is 6.53. The molecule has 0 aliphatic rings. The van der Waals surface area contributed by atoms with E-state index in [-0.39, 0.29) is 5.91 Å². The fraction of sp³-hybridized carbons (Fsp3) is 0.143. The van der Waals surface area contributed by atoms with E-state index in [2.05, 4.69) is 25.5 Å². The minimum atomic E-state index is -0.0928. The van der Waals surface area contributed by atoms with Crippen LogP contribution in [0.5, 0.6) is 0 Å². The number of nitrogens with one attached hydrogen (secondary N) is 2. The van der Waals surface area contributed by atoms with Crippen LogP contribution >= 0.6 is 0 Å². The summed E-state index contributed by atoms with van der Waals surface area (Å²) >= 11 is 0. The van der Waals surface area contributed by atoms with Crippen molar-refractivity contribution >= 4 is 5.91 Å². The molecule has 1 amide bonds. The maximum Gasteiger partial charge on any atom is 0.251 e. The Morgan fingerprint density at radius 3 is 2.62 bits per heavy atom. The normalized spacial score (nSPS) is 10.5. The van der Waals surface area contributed by atoms with E-state index in [4.69, 9.17) is 0 Å². The van der Waals surface area contributed by atoms with E-state index in [0.717, 1.165) is 17.8 Å². The van der Waals surface area contributed by atoms with Gasteiger partial charge in [0.15, 0.2) is 0 Å². The van der Waals surface area contributed by atoms with Crippen molar-refractivity contribution in [2.45, 2.75) is 6.42 Å². The molecule has 2 aromatic heterocycles. The molecule has 0 saturated heterocycles. The number of rotatable bonds is 5. The average molecular weight is 282 g/mol. The van der Waals surface area contributed by atoms with E-state index in [1.165, 1.54) is 0 Å². The smallest absolute Gasteiger partial charge is 0.251 e. The van der Waals surface area contributed by atoms with Crippen LogP contribution in [-0.2, 0) is 6.42 Å². The van der Waals surface area contributed by atoms with Crippen molar-refractivity contribution in [3.8, 4) is 5.69 Å². The summed E-state index contributed by atoms with van der Waals surface area (Å²) in [4.78, 5) is 18.9. The highest BCUT2D eigenvalue weighted by molar-refractivity contribution is 5.94. The number of carbonyl (C=O) groups excluding carboxylic acids is 1. The second-order valence-electron chi connectivity index (χ2n) is 4.50. The number of aromatic nitrogens is 5. The standard InChI is InChI=1S/C14H14N6O/c21-14(16-6-5-12-7-15-8-17-12)11-1-3-13(4-2-11)20-9-18-19-10-20/h1-4,7-10H,5-6H2,(H,15,17)(H,16,21). The Balaban J connectivity index is 1.57. The van der Waals surface area contributed by atoms with E-state index in [1.807, 2.05) is 12.1 Å². The Hall–Kier alpha value is -2.96. The van der Waals surface area contributed by atoms with Crippen molar-refractivity contribution in [2.75, 3.05) is 6.54 Å². The minimum Gasteiger partial charge on any atom is -0.352 e. The predicted molar refractivity (Wildman–Crippen MR) is 76.0 cm³/mol. The quantitative estimate of drug-likeness (QED) is 0.729. The number of hydrogen-bond acceptors (Lipinski definition) is 4. The molecule has 3 rings (SSSR count). The van der Waals surface area contributed by atoms with Crippen LogP contribution in [-0.4, -0.2) is 37.2 Å². The summed E-state index contributed by atoms with van der Waals surface area (Å²) in [6.45, 7) is 0.564. The largest absolute Gasteiger partial charge is 0.352 e. The molecule has 3 aromatic rings. The summed E-state index contributed by atoms with van der Waals surface area (Å²) in [5.74, 6) is -0.0928. The molecule has 0 aliphatic carbocycles. The lowest BCUT2D eigenvalue weighted by molar-refractivity contribution is 0.0954. The summed E-state index contributed by atoms with van der Waals surface area (Å²) in [7, 11) is 0. The summed E-state index contributed by atoms with van der Waals surface area (Å²) in [5, 5.41) is 10.4. The maximum atomic E-state index is 12.0. The third kappa shape index (κ3) is 3.14. The molecule has 0 saturated carbocycles. The summed E-state index contributed by atoms with van der Waals surface area (Å²) in [6, 6.07) is 7.27. The topological polar surface area (TPSA) is 88.5 Å². The fourth-order valence-corrected chi connectivity index (χ4v) is 1.95. The van der Waals surface area contributed by atoms with Gasteiger partial charge in [0.25, 0.3) is 5.91 Å². The van der Waals surface area contributed by atoms with E-state index < -0.39 is 0 Å². The van der Waals surface area contributed by atoms with Gasteiger partial charge in [-0.1, -0.05) is 0 Å². The molecular formula is C14H14N6O. The summed E-state index contributed by atoms with van der Waals surface area (Å²) in [5.41, 5.74) is 2.53. The van der Waals surface area contributed by atoms with Gasteiger partial charge in [0.2, 0.25) is 0 Å². The predicted octanol–water partition coefficient (Wildman–Crippen LogP) is 0.963. The van der Waals surface area contributed by atoms with Crippen LogP contribution in [0, 0.1) is 0 Å². The molecular weight excluding hydrogens is 268 g/mol. The van der Waals surface area contributed by atoms with Crippen LogP contribution in [0.15, 0.2) is 49.4 Å². The van der Waals surface area contributed by atoms with Crippen LogP contribution in [0.25, 0.3) is 5.69 Å². The van der Waals surface area contributed by atoms with Gasteiger partial charge in [0.1, 0.15) is 12.7 Å². The number of imidazole rings is 1. The van der Waals surface area contributed by atoms with Gasteiger partial charge in [-0.15, -0.1) is 10.2 Å². The molecule has 0 fully saturated rings. The molecule has 106 valence electrons.